The summed E-state index contributed by atoms with van der Waals surface area (Å²) >= 11 is 0. The zero-order chi connectivity index (χ0) is 18.5. The van der Waals surface area contributed by atoms with Crippen LogP contribution in [0.5, 0.6) is 0 Å². The summed E-state index contributed by atoms with van der Waals surface area (Å²) < 4.78 is 1.99. The predicted octanol–water partition coefficient (Wildman–Crippen LogP) is 4.55. The Hall–Kier alpha value is -2.88. The van der Waals surface area contributed by atoms with E-state index in [1.54, 1.807) is 7.05 Å². The highest BCUT2D eigenvalue weighted by molar-refractivity contribution is 5.99. The van der Waals surface area contributed by atoms with Gasteiger partial charge in [-0.05, 0) is 18.9 Å². The fraction of sp³-hybridized carbons (Fsp3) is 0.273. The van der Waals surface area contributed by atoms with Crippen LogP contribution >= 0.6 is 0 Å². The Kier molecular flexibility index (Phi) is 5.52. The lowest BCUT2D eigenvalue weighted by molar-refractivity contribution is 0.0955. The van der Waals surface area contributed by atoms with Crippen LogP contribution in [-0.2, 0) is 13.0 Å². The van der Waals surface area contributed by atoms with Crippen LogP contribution in [0.25, 0.3) is 22.6 Å². The number of imidazole rings is 1. The summed E-state index contributed by atoms with van der Waals surface area (Å²) in [5.41, 5.74) is 4.61. The maximum absolute atomic E-state index is 12.6. The number of nitrogens with zero attached hydrogens (tertiary/aromatic N) is 2. The molecule has 0 bridgehead atoms. The Labute approximate surface area is 154 Å². The van der Waals surface area contributed by atoms with Crippen molar-refractivity contribution >= 4 is 5.91 Å². The van der Waals surface area contributed by atoms with Crippen LogP contribution in [0.4, 0.5) is 0 Å². The quantitative estimate of drug-likeness (QED) is 0.711. The summed E-state index contributed by atoms with van der Waals surface area (Å²) in [6.45, 7) is 4.88. The molecule has 0 fully saturated rings. The van der Waals surface area contributed by atoms with Crippen molar-refractivity contribution in [1.82, 2.24) is 14.9 Å². The number of hydrogen-bond acceptors (Lipinski definition) is 2. The number of benzene rings is 2. The first-order valence-electron chi connectivity index (χ1n) is 9.16. The average molecular weight is 347 g/mol. The molecule has 0 unspecified atom stereocenters. The molecule has 0 saturated carbocycles. The molecule has 4 nitrogen and oxygen atoms in total. The van der Waals surface area contributed by atoms with Gasteiger partial charge < -0.3 is 9.88 Å². The van der Waals surface area contributed by atoms with E-state index in [4.69, 9.17) is 4.98 Å². The van der Waals surface area contributed by atoms with Gasteiger partial charge >= 0.3 is 0 Å². The van der Waals surface area contributed by atoms with Gasteiger partial charge in [-0.3, -0.25) is 4.79 Å². The third-order valence-electron chi connectivity index (χ3n) is 4.52. The molecule has 3 aromatic rings. The molecule has 1 N–H and O–H groups in total. The van der Waals surface area contributed by atoms with Gasteiger partial charge in [-0.1, -0.05) is 67.9 Å². The van der Waals surface area contributed by atoms with Gasteiger partial charge in [-0.15, -0.1) is 0 Å². The molecule has 0 aliphatic carbocycles. The molecule has 0 spiro atoms. The lowest BCUT2D eigenvalue weighted by Gasteiger charge is -2.09. The molecule has 0 aliphatic heterocycles. The summed E-state index contributed by atoms with van der Waals surface area (Å²) in [5, 5.41) is 2.76. The molecule has 0 atom stereocenters. The fourth-order valence-corrected chi connectivity index (χ4v) is 3.24. The number of aryl methyl sites for hydroxylation is 1. The summed E-state index contributed by atoms with van der Waals surface area (Å²) in [6, 6.07) is 18.4. The minimum absolute atomic E-state index is 0.117. The minimum atomic E-state index is -0.117. The number of hydrogen-bond donors (Lipinski definition) is 1. The summed E-state index contributed by atoms with van der Waals surface area (Å²) in [4.78, 5) is 17.5. The second-order valence-corrected chi connectivity index (χ2v) is 6.27. The third kappa shape index (κ3) is 3.40. The molecule has 3 rings (SSSR count). The normalized spacial score (nSPS) is 10.7. The molecule has 134 valence electrons. The topological polar surface area (TPSA) is 46.9 Å². The van der Waals surface area contributed by atoms with Crippen LogP contribution in [0.1, 0.15) is 36.3 Å². The molecule has 0 saturated heterocycles. The van der Waals surface area contributed by atoms with Gasteiger partial charge in [0.25, 0.3) is 5.91 Å². The van der Waals surface area contributed by atoms with Gasteiger partial charge in [0.05, 0.1) is 0 Å². The van der Waals surface area contributed by atoms with Gasteiger partial charge in [-0.2, -0.15) is 0 Å². The van der Waals surface area contributed by atoms with Crippen LogP contribution in [-0.4, -0.2) is 22.5 Å². The largest absolute Gasteiger partial charge is 0.354 e. The van der Waals surface area contributed by atoms with Crippen LogP contribution < -0.4 is 5.32 Å². The number of rotatable bonds is 6. The fourth-order valence-electron chi connectivity index (χ4n) is 3.24. The lowest BCUT2D eigenvalue weighted by Crippen LogP contribution is -2.22. The van der Waals surface area contributed by atoms with Crippen molar-refractivity contribution in [1.29, 1.82) is 0 Å². The Balaban J connectivity index is 2.17. The van der Waals surface area contributed by atoms with Crippen LogP contribution in [0.2, 0.25) is 0 Å². The maximum atomic E-state index is 12.6. The van der Waals surface area contributed by atoms with Crippen molar-refractivity contribution in [2.45, 2.75) is 33.2 Å². The van der Waals surface area contributed by atoms with E-state index >= 15 is 0 Å². The smallest absolute Gasteiger partial charge is 0.269 e. The van der Waals surface area contributed by atoms with Crippen molar-refractivity contribution in [3.63, 3.8) is 0 Å². The maximum Gasteiger partial charge on any atom is 0.269 e. The summed E-state index contributed by atoms with van der Waals surface area (Å²) in [7, 11) is 1.66. The molecule has 1 amide bonds. The Morgan fingerprint density at radius 3 is 2.27 bits per heavy atom. The van der Waals surface area contributed by atoms with E-state index < -0.39 is 0 Å². The molecule has 2 aromatic carbocycles. The van der Waals surface area contributed by atoms with Crippen LogP contribution in [0.15, 0.2) is 54.6 Å². The van der Waals surface area contributed by atoms with E-state index in [9.17, 15) is 4.79 Å². The zero-order valence-corrected chi connectivity index (χ0v) is 15.6. The third-order valence-corrected chi connectivity index (χ3v) is 4.52. The van der Waals surface area contributed by atoms with E-state index in [2.05, 4.69) is 36.5 Å². The van der Waals surface area contributed by atoms with Crippen molar-refractivity contribution in [2.75, 3.05) is 7.05 Å². The van der Waals surface area contributed by atoms with Gasteiger partial charge in [0.2, 0.25) is 0 Å². The number of carbonyl (C=O) groups is 1. The first-order valence-corrected chi connectivity index (χ1v) is 9.16. The first-order chi connectivity index (χ1) is 12.7. The highest BCUT2D eigenvalue weighted by Gasteiger charge is 2.23. The number of nitrogens with one attached hydrogen (secondary N) is 1. The molecule has 26 heavy (non-hydrogen) atoms. The Morgan fingerprint density at radius 2 is 1.69 bits per heavy atom. The molecular formula is C22H25N3O. The SMILES string of the molecule is CCCc1ccc(-c2nc(-c3ccccc3)n(CC)c2C(=O)NC)cc1. The van der Waals surface area contributed by atoms with E-state index in [0.717, 1.165) is 35.5 Å². The van der Waals surface area contributed by atoms with Crippen LogP contribution in [0, 0.1) is 0 Å². The van der Waals surface area contributed by atoms with Gasteiger partial charge in [0.1, 0.15) is 17.2 Å². The molecule has 0 radical (unpaired) electrons. The second kappa shape index (κ2) is 8.00. The van der Waals surface area contributed by atoms with Gasteiger partial charge in [0, 0.05) is 24.7 Å². The van der Waals surface area contributed by atoms with E-state index in [1.165, 1.54) is 5.56 Å². The zero-order valence-electron chi connectivity index (χ0n) is 15.6. The van der Waals surface area contributed by atoms with E-state index in [-0.39, 0.29) is 5.91 Å². The average Bonchev–Trinajstić information content (AvgIpc) is 3.08. The van der Waals surface area contributed by atoms with Crippen molar-refractivity contribution in [2.24, 2.45) is 0 Å². The molecule has 1 heterocycles. The molecule has 0 aliphatic rings. The van der Waals surface area contributed by atoms with E-state index in [1.807, 2.05) is 41.8 Å². The van der Waals surface area contributed by atoms with Gasteiger partial charge in [-0.25, -0.2) is 4.98 Å². The second-order valence-electron chi connectivity index (χ2n) is 6.27. The molecular weight excluding hydrogens is 322 g/mol. The standard InChI is InChI=1S/C22H25N3O/c1-4-9-16-12-14-17(15-13-16)19-20(22(26)23-3)25(5-2)21(24-19)18-10-7-6-8-11-18/h6-8,10-15H,4-5,9H2,1-3H3,(H,23,26). The van der Waals surface area contributed by atoms with Crippen molar-refractivity contribution in [3.8, 4) is 22.6 Å². The minimum Gasteiger partial charge on any atom is -0.354 e. The highest BCUT2D eigenvalue weighted by Crippen LogP contribution is 2.30. The predicted molar refractivity (Wildman–Crippen MR) is 106 cm³/mol. The number of amides is 1. The van der Waals surface area contributed by atoms with Crippen LogP contribution in [0.3, 0.4) is 0 Å². The van der Waals surface area contributed by atoms with Crippen molar-refractivity contribution in [3.05, 3.63) is 65.9 Å². The van der Waals surface area contributed by atoms with E-state index in [0.29, 0.717) is 12.2 Å². The first kappa shape index (κ1) is 17.9. The number of carbonyl (C=O) groups excluding carboxylic acids is 1. The monoisotopic (exact) mass is 347 g/mol. The molecule has 4 heteroatoms. The summed E-state index contributed by atoms with van der Waals surface area (Å²) in [5.74, 6) is 0.702. The lowest BCUT2D eigenvalue weighted by atomic mass is 10.0. The highest BCUT2D eigenvalue weighted by atomic mass is 16.1. The Bertz CT molecular complexity index is 880. The molecule has 1 aromatic heterocycles. The summed E-state index contributed by atoms with van der Waals surface area (Å²) in [6.07, 6.45) is 2.17. The van der Waals surface area contributed by atoms with Crippen molar-refractivity contribution < 1.29 is 4.79 Å². The Morgan fingerprint density at radius 1 is 1.00 bits per heavy atom. The van der Waals surface area contributed by atoms with Gasteiger partial charge in [0.15, 0.2) is 0 Å². The number of aromatic nitrogens is 2.